The van der Waals surface area contributed by atoms with Crippen LogP contribution in [0.25, 0.3) is 0 Å². The predicted octanol–water partition coefficient (Wildman–Crippen LogP) is 5.24. The number of carboxylic acid groups (broad SMARTS) is 1. The van der Waals surface area contributed by atoms with E-state index in [4.69, 9.17) is 14.9 Å². The largest absolute Gasteiger partial charge is 0.486 e. The van der Waals surface area contributed by atoms with E-state index in [0.717, 1.165) is 50.0 Å². The summed E-state index contributed by atoms with van der Waals surface area (Å²) in [4.78, 5) is 10.5. The Morgan fingerprint density at radius 2 is 1.58 bits per heavy atom. The second kappa shape index (κ2) is 16.3. The molecule has 31 heavy (non-hydrogen) atoms. The number of aliphatic hydroxyl groups is 1. The van der Waals surface area contributed by atoms with Gasteiger partial charge in [0.05, 0.1) is 5.92 Å². The number of aliphatic hydroxyl groups excluding tert-OH is 1. The van der Waals surface area contributed by atoms with Gasteiger partial charge in [-0.15, -0.1) is 0 Å². The van der Waals surface area contributed by atoms with Crippen LogP contribution in [0, 0.1) is 5.92 Å². The molecule has 3 N–H and O–H groups in total. The minimum atomic E-state index is -0.635. The third-order valence-electron chi connectivity index (χ3n) is 5.05. The smallest absolute Gasteiger partial charge is 0.306 e. The van der Waals surface area contributed by atoms with Gasteiger partial charge in [0.1, 0.15) is 11.9 Å². The monoisotopic (exact) mass is 429 g/mol. The Kier molecular flexibility index (Phi) is 14.1. The first-order valence-electron chi connectivity index (χ1n) is 11.3. The molecule has 0 amide bonds. The number of rotatable bonds is 13. The average Bonchev–Trinajstić information content (AvgIpc) is 2.79. The summed E-state index contributed by atoms with van der Waals surface area (Å²) in [5.41, 5.74) is 2.31. The number of carboxylic acids is 1. The molecule has 0 saturated heterocycles. The highest BCUT2D eigenvalue weighted by Crippen LogP contribution is 2.25. The van der Waals surface area contributed by atoms with Crippen LogP contribution in [-0.4, -0.2) is 36.4 Å². The molecule has 172 valence electrons. The molecular formula is C26H39NO4. The highest BCUT2D eigenvalue weighted by Gasteiger charge is 2.14. The summed E-state index contributed by atoms with van der Waals surface area (Å²) in [5.74, 6) is 0.125. The predicted molar refractivity (Wildman–Crippen MR) is 127 cm³/mol. The summed E-state index contributed by atoms with van der Waals surface area (Å²) >= 11 is 0. The van der Waals surface area contributed by atoms with Gasteiger partial charge in [-0.1, -0.05) is 69.2 Å². The Bertz CT molecular complexity index is 697. The highest BCUT2D eigenvalue weighted by molar-refractivity contribution is 5.69. The van der Waals surface area contributed by atoms with E-state index in [1.165, 1.54) is 5.56 Å². The maximum atomic E-state index is 10.5. The molecule has 0 spiro atoms. The van der Waals surface area contributed by atoms with E-state index in [2.05, 4.69) is 17.4 Å². The molecule has 2 rings (SSSR count). The van der Waals surface area contributed by atoms with E-state index >= 15 is 0 Å². The summed E-state index contributed by atoms with van der Waals surface area (Å²) in [6, 6.07) is 18.2. The van der Waals surface area contributed by atoms with Crippen LogP contribution in [0.2, 0.25) is 0 Å². The number of aliphatic carboxylic acids is 1. The van der Waals surface area contributed by atoms with Crippen molar-refractivity contribution in [3.8, 4) is 5.75 Å². The van der Waals surface area contributed by atoms with Gasteiger partial charge >= 0.3 is 5.97 Å². The van der Waals surface area contributed by atoms with Gasteiger partial charge in [-0.25, -0.2) is 0 Å². The minimum Gasteiger partial charge on any atom is -0.486 e. The Balaban J connectivity index is 0.000000407. The molecule has 0 aliphatic rings. The molecule has 0 aliphatic carbocycles. The van der Waals surface area contributed by atoms with Crippen LogP contribution < -0.4 is 10.1 Å². The van der Waals surface area contributed by atoms with Gasteiger partial charge in [0.2, 0.25) is 0 Å². The fourth-order valence-electron chi connectivity index (χ4n) is 3.35. The second-order valence-electron chi connectivity index (χ2n) is 7.64. The fourth-order valence-corrected chi connectivity index (χ4v) is 3.35. The topological polar surface area (TPSA) is 78.8 Å². The fraction of sp³-hybridized carbons (Fsp3) is 0.500. The standard InChI is InChI=1S/C18H23NO2.C8H16O2/c1-19-13-11-18(16-5-3-2-4-6-16)21-17-9-7-15(8-10-17)12-14-20;1-3-5-7(6-4-2)8(9)10/h2-10,18-20H,11-14H2,1H3;7H,3-6H2,1-2H3,(H,9,10). The molecule has 2 aromatic carbocycles. The van der Waals surface area contributed by atoms with E-state index in [1.807, 2.05) is 63.4 Å². The number of benzene rings is 2. The van der Waals surface area contributed by atoms with Crippen molar-refractivity contribution in [2.24, 2.45) is 5.92 Å². The Labute approximate surface area is 187 Å². The van der Waals surface area contributed by atoms with Crippen LogP contribution in [0.4, 0.5) is 0 Å². The van der Waals surface area contributed by atoms with Crippen molar-refractivity contribution < 1.29 is 19.7 Å². The first-order valence-corrected chi connectivity index (χ1v) is 11.3. The summed E-state index contributed by atoms with van der Waals surface area (Å²) in [6.45, 7) is 5.12. The molecule has 0 radical (unpaired) electrons. The van der Waals surface area contributed by atoms with Crippen LogP contribution in [-0.2, 0) is 11.2 Å². The molecule has 1 unspecified atom stereocenters. The van der Waals surface area contributed by atoms with Crippen molar-refractivity contribution >= 4 is 5.97 Å². The van der Waals surface area contributed by atoms with Gasteiger partial charge in [0.25, 0.3) is 0 Å². The van der Waals surface area contributed by atoms with Gasteiger partial charge in [0, 0.05) is 13.0 Å². The van der Waals surface area contributed by atoms with E-state index in [9.17, 15) is 4.79 Å². The molecule has 0 fully saturated rings. The quantitative estimate of drug-likeness (QED) is 0.406. The van der Waals surface area contributed by atoms with Crippen LogP contribution in [0.3, 0.4) is 0 Å². The van der Waals surface area contributed by atoms with Crippen LogP contribution in [0.5, 0.6) is 5.75 Å². The number of hydrogen-bond donors (Lipinski definition) is 3. The maximum absolute atomic E-state index is 10.5. The molecule has 2 aromatic rings. The highest BCUT2D eigenvalue weighted by atomic mass is 16.5. The van der Waals surface area contributed by atoms with Crippen LogP contribution in [0.15, 0.2) is 54.6 Å². The molecule has 0 saturated carbocycles. The molecule has 5 nitrogen and oxygen atoms in total. The number of nitrogens with one attached hydrogen (secondary N) is 1. The van der Waals surface area contributed by atoms with Crippen molar-refractivity contribution in [3.63, 3.8) is 0 Å². The summed E-state index contributed by atoms with van der Waals surface area (Å²) in [7, 11) is 1.95. The van der Waals surface area contributed by atoms with Gasteiger partial charge in [-0.3, -0.25) is 4.79 Å². The molecule has 0 bridgehead atoms. The number of hydrogen-bond acceptors (Lipinski definition) is 4. The average molecular weight is 430 g/mol. The van der Waals surface area contributed by atoms with E-state index in [-0.39, 0.29) is 18.6 Å². The van der Waals surface area contributed by atoms with Crippen molar-refractivity contribution in [2.75, 3.05) is 20.2 Å². The Hall–Kier alpha value is -2.37. The summed E-state index contributed by atoms with van der Waals surface area (Å²) in [6.07, 6.45) is 5.23. The van der Waals surface area contributed by atoms with Gasteiger partial charge in [-0.2, -0.15) is 0 Å². The lowest BCUT2D eigenvalue weighted by Gasteiger charge is -2.20. The first kappa shape index (κ1) is 26.7. The normalized spacial score (nSPS) is 11.5. The van der Waals surface area contributed by atoms with Crippen molar-refractivity contribution in [1.82, 2.24) is 5.32 Å². The first-order chi connectivity index (χ1) is 15.0. The van der Waals surface area contributed by atoms with E-state index in [0.29, 0.717) is 6.42 Å². The maximum Gasteiger partial charge on any atom is 0.306 e. The second-order valence-corrected chi connectivity index (χ2v) is 7.64. The SMILES string of the molecule is CCCC(CCC)C(=O)O.CNCCC(Oc1ccc(CCO)cc1)c1ccccc1. The zero-order chi connectivity index (χ0) is 22.9. The lowest BCUT2D eigenvalue weighted by Crippen LogP contribution is -2.16. The molecule has 1 atom stereocenters. The van der Waals surface area contributed by atoms with Gasteiger partial charge in [-0.05, 0) is 56.1 Å². The van der Waals surface area contributed by atoms with Crippen molar-refractivity contribution in [3.05, 3.63) is 65.7 Å². The zero-order valence-corrected chi connectivity index (χ0v) is 19.2. The van der Waals surface area contributed by atoms with Crippen molar-refractivity contribution in [1.29, 1.82) is 0 Å². The third kappa shape index (κ3) is 11.0. The molecule has 5 heteroatoms. The van der Waals surface area contributed by atoms with E-state index in [1.54, 1.807) is 0 Å². The molecule has 0 aromatic heterocycles. The third-order valence-corrected chi connectivity index (χ3v) is 5.05. The minimum absolute atomic E-state index is 0.0438. The van der Waals surface area contributed by atoms with E-state index < -0.39 is 5.97 Å². The summed E-state index contributed by atoms with van der Waals surface area (Å²) < 4.78 is 6.13. The molecule has 0 aliphatic heterocycles. The van der Waals surface area contributed by atoms with Gasteiger partial charge in [0.15, 0.2) is 0 Å². The number of ether oxygens (including phenoxy) is 1. The molecule has 0 heterocycles. The molecular weight excluding hydrogens is 390 g/mol. The van der Waals surface area contributed by atoms with Crippen LogP contribution in [0.1, 0.15) is 63.2 Å². The zero-order valence-electron chi connectivity index (χ0n) is 19.2. The lowest BCUT2D eigenvalue weighted by atomic mass is 9.99. The lowest BCUT2D eigenvalue weighted by molar-refractivity contribution is -0.142. The van der Waals surface area contributed by atoms with Crippen molar-refractivity contribution in [2.45, 2.75) is 58.5 Å². The number of carbonyl (C=O) groups is 1. The summed E-state index contributed by atoms with van der Waals surface area (Å²) in [5, 5.41) is 20.7. The van der Waals surface area contributed by atoms with Crippen LogP contribution >= 0.6 is 0 Å². The van der Waals surface area contributed by atoms with Gasteiger partial charge < -0.3 is 20.3 Å². The Morgan fingerprint density at radius 3 is 2.06 bits per heavy atom. The Morgan fingerprint density at radius 1 is 0.968 bits per heavy atom.